The van der Waals surface area contributed by atoms with Crippen LogP contribution < -0.4 is 10.6 Å². The van der Waals surface area contributed by atoms with Crippen molar-refractivity contribution in [2.45, 2.75) is 6.04 Å². The second-order valence-electron chi connectivity index (χ2n) is 5.46. The molecule has 1 aromatic heterocycles. The van der Waals surface area contributed by atoms with E-state index < -0.39 is 0 Å². The number of carbonyl (C=O) groups is 2. The van der Waals surface area contributed by atoms with Crippen LogP contribution >= 0.6 is 33.9 Å². The van der Waals surface area contributed by atoms with E-state index in [0.717, 1.165) is 3.57 Å². The summed E-state index contributed by atoms with van der Waals surface area (Å²) in [5.41, 5.74) is 0.579. The maximum atomic E-state index is 12.1. The first kappa shape index (κ1) is 18.9. The number of halogens is 1. The van der Waals surface area contributed by atoms with Crippen LogP contribution in [0.4, 0.5) is 0 Å². The lowest BCUT2D eigenvalue weighted by Crippen LogP contribution is -2.40. The zero-order chi connectivity index (χ0) is 17.5. The minimum absolute atomic E-state index is 0.0333. The summed E-state index contributed by atoms with van der Waals surface area (Å²) in [6, 6.07) is 11.5. The van der Waals surface area contributed by atoms with Crippen molar-refractivity contribution >= 4 is 45.7 Å². The zero-order valence-corrected chi connectivity index (χ0v) is 16.6. The fourth-order valence-corrected chi connectivity index (χ4v) is 3.75. The number of hydrogen-bond acceptors (Lipinski definition) is 4. The molecule has 5 nitrogen and oxygen atoms in total. The van der Waals surface area contributed by atoms with Gasteiger partial charge in [0, 0.05) is 15.0 Å². The Morgan fingerprint density at radius 3 is 2.54 bits per heavy atom. The lowest BCUT2D eigenvalue weighted by Gasteiger charge is -2.23. The standard InChI is InChI=1S/C17H20IN3O2S/c1-21(2)14(15-8-5-9-24-15)10-19-16(22)11-20-17(23)12-6-3-4-7-13(12)18/h3-9,14H,10-11H2,1-2H3,(H,19,22)(H,20,23). The number of benzene rings is 1. The van der Waals surface area contributed by atoms with Gasteiger partial charge in [-0.05, 0) is 60.3 Å². The van der Waals surface area contributed by atoms with Crippen molar-refractivity contribution in [2.24, 2.45) is 0 Å². The van der Waals surface area contributed by atoms with E-state index in [2.05, 4.69) is 44.2 Å². The van der Waals surface area contributed by atoms with Crippen LogP contribution in [-0.4, -0.2) is 43.9 Å². The van der Waals surface area contributed by atoms with Crippen LogP contribution in [0.15, 0.2) is 41.8 Å². The molecule has 2 rings (SSSR count). The summed E-state index contributed by atoms with van der Waals surface area (Å²) >= 11 is 3.77. The minimum atomic E-state index is -0.238. The molecule has 2 N–H and O–H groups in total. The average molecular weight is 457 g/mol. The Hall–Kier alpha value is -1.45. The SMILES string of the molecule is CN(C)C(CNC(=O)CNC(=O)c1ccccc1I)c1cccs1. The van der Waals surface area contributed by atoms with Crippen LogP contribution in [0.25, 0.3) is 0 Å². The summed E-state index contributed by atoms with van der Waals surface area (Å²) in [7, 11) is 3.96. The molecule has 0 fully saturated rings. The monoisotopic (exact) mass is 457 g/mol. The van der Waals surface area contributed by atoms with Crippen LogP contribution in [0.2, 0.25) is 0 Å². The summed E-state index contributed by atoms with van der Waals surface area (Å²) in [5.74, 6) is -0.435. The highest BCUT2D eigenvalue weighted by Crippen LogP contribution is 2.22. The molecule has 2 aromatic rings. The maximum Gasteiger partial charge on any atom is 0.252 e. The van der Waals surface area contributed by atoms with Gasteiger partial charge < -0.3 is 15.5 Å². The Balaban J connectivity index is 1.83. The van der Waals surface area contributed by atoms with Gasteiger partial charge in [0.15, 0.2) is 0 Å². The van der Waals surface area contributed by atoms with E-state index in [1.165, 1.54) is 4.88 Å². The zero-order valence-electron chi connectivity index (χ0n) is 13.6. The van der Waals surface area contributed by atoms with Crippen LogP contribution in [0, 0.1) is 3.57 Å². The molecule has 7 heteroatoms. The number of nitrogens with one attached hydrogen (secondary N) is 2. The average Bonchev–Trinajstić information content (AvgIpc) is 3.07. The van der Waals surface area contributed by atoms with E-state index >= 15 is 0 Å². The molecular formula is C17H20IN3O2S. The van der Waals surface area contributed by atoms with Gasteiger partial charge in [-0.3, -0.25) is 9.59 Å². The molecule has 0 aliphatic rings. The first-order valence-corrected chi connectivity index (χ1v) is 9.44. The largest absolute Gasteiger partial charge is 0.353 e. The molecule has 2 amide bonds. The van der Waals surface area contributed by atoms with Crippen LogP contribution in [0.1, 0.15) is 21.3 Å². The van der Waals surface area contributed by atoms with Crippen molar-refractivity contribution in [1.82, 2.24) is 15.5 Å². The molecule has 128 valence electrons. The van der Waals surface area contributed by atoms with Gasteiger partial charge in [-0.2, -0.15) is 0 Å². The number of nitrogens with zero attached hydrogens (tertiary/aromatic N) is 1. The normalized spacial score (nSPS) is 12.0. The van der Waals surface area contributed by atoms with Gasteiger partial charge in [0.05, 0.1) is 18.2 Å². The minimum Gasteiger partial charge on any atom is -0.353 e. The molecular weight excluding hydrogens is 437 g/mol. The van der Waals surface area contributed by atoms with E-state index in [0.29, 0.717) is 12.1 Å². The number of thiophene rings is 1. The van der Waals surface area contributed by atoms with Crippen molar-refractivity contribution in [3.63, 3.8) is 0 Å². The first-order chi connectivity index (χ1) is 11.5. The number of amides is 2. The molecule has 0 bridgehead atoms. The maximum absolute atomic E-state index is 12.1. The fourth-order valence-electron chi connectivity index (χ4n) is 2.19. The fraction of sp³-hybridized carbons (Fsp3) is 0.294. The van der Waals surface area contributed by atoms with Gasteiger partial charge in [0.25, 0.3) is 5.91 Å². The predicted molar refractivity (Wildman–Crippen MR) is 105 cm³/mol. The highest BCUT2D eigenvalue weighted by molar-refractivity contribution is 14.1. The Labute approximate surface area is 159 Å². The number of hydrogen-bond donors (Lipinski definition) is 2. The summed E-state index contributed by atoms with van der Waals surface area (Å²) in [6.07, 6.45) is 0. The van der Waals surface area contributed by atoms with Crippen LogP contribution in [-0.2, 0) is 4.79 Å². The van der Waals surface area contributed by atoms with Crippen molar-refractivity contribution < 1.29 is 9.59 Å². The summed E-state index contributed by atoms with van der Waals surface area (Å²) in [5, 5.41) is 7.57. The Morgan fingerprint density at radius 2 is 1.92 bits per heavy atom. The quantitative estimate of drug-likeness (QED) is 0.629. The van der Waals surface area contributed by atoms with Crippen molar-refractivity contribution in [3.05, 3.63) is 55.8 Å². The van der Waals surface area contributed by atoms with Gasteiger partial charge >= 0.3 is 0 Å². The summed E-state index contributed by atoms with van der Waals surface area (Å²) in [6.45, 7) is 0.472. The Bertz CT molecular complexity index is 689. The van der Waals surface area contributed by atoms with Gasteiger partial charge in [-0.15, -0.1) is 11.3 Å². The molecule has 0 saturated heterocycles. The molecule has 0 aliphatic heterocycles. The number of carbonyl (C=O) groups excluding carboxylic acids is 2. The molecule has 0 saturated carbocycles. The third-order valence-corrected chi connectivity index (χ3v) is 5.43. The van der Waals surface area contributed by atoms with Gasteiger partial charge in [0.1, 0.15) is 0 Å². The number of rotatable bonds is 7. The highest BCUT2D eigenvalue weighted by Gasteiger charge is 2.16. The smallest absolute Gasteiger partial charge is 0.252 e. The molecule has 1 unspecified atom stereocenters. The highest BCUT2D eigenvalue weighted by atomic mass is 127. The predicted octanol–water partition coefficient (Wildman–Crippen LogP) is 2.50. The van der Waals surface area contributed by atoms with Crippen LogP contribution in [0.5, 0.6) is 0 Å². The first-order valence-electron chi connectivity index (χ1n) is 7.48. The van der Waals surface area contributed by atoms with E-state index in [4.69, 9.17) is 0 Å². The molecule has 0 aliphatic carbocycles. The van der Waals surface area contributed by atoms with Gasteiger partial charge in [-0.1, -0.05) is 18.2 Å². The topological polar surface area (TPSA) is 61.4 Å². The molecule has 0 radical (unpaired) electrons. The molecule has 0 spiro atoms. The third kappa shape index (κ3) is 5.29. The second kappa shape index (κ2) is 9.14. The van der Waals surface area contributed by atoms with Crippen molar-refractivity contribution in [1.29, 1.82) is 0 Å². The van der Waals surface area contributed by atoms with E-state index in [1.807, 2.05) is 37.7 Å². The lowest BCUT2D eigenvalue weighted by molar-refractivity contribution is -0.120. The van der Waals surface area contributed by atoms with E-state index in [-0.39, 0.29) is 24.4 Å². The summed E-state index contributed by atoms with van der Waals surface area (Å²) in [4.78, 5) is 27.4. The molecule has 1 atom stereocenters. The van der Waals surface area contributed by atoms with Crippen LogP contribution in [0.3, 0.4) is 0 Å². The molecule has 1 heterocycles. The van der Waals surface area contributed by atoms with E-state index in [1.54, 1.807) is 23.5 Å². The van der Waals surface area contributed by atoms with E-state index in [9.17, 15) is 9.59 Å². The summed E-state index contributed by atoms with van der Waals surface area (Å²) < 4.78 is 0.860. The third-order valence-electron chi connectivity index (χ3n) is 3.52. The van der Waals surface area contributed by atoms with Gasteiger partial charge in [0.2, 0.25) is 5.91 Å². The molecule has 24 heavy (non-hydrogen) atoms. The molecule has 1 aromatic carbocycles. The van der Waals surface area contributed by atoms with Crippen molar-refractivity contribution in [3.8, 4) is 0 Å². The van der Waals surface area contributed by atoms with Crippen molar-refractivity contribution in [2.75, 3.05) is 27.2 Å². The Kier molecular flexibility index (Phi) is 7.19. The second-order valence-corrected chi connectivity index (χ2v) is 7.60. The number of likely N-dealkylation sites (N-methyl/N-ethyl adjacent to an activating group) is 1. The van der Waals surface area contributed by atoms with Gasteiger partial charge in [-0.25, -0.2) is 0 Å². The lowest BCUT2D eigenvalue weighted by atomic mass is 10.2. The Morgan fingerprint density at radius 1 is 1.17 bits per heavy atom.